The van der Waals surface area contributed by atoms with Crippen LogP contribution in [0.25, 0.3) is 0 Å². The lowest BCUT2D eigenvalue weighted by atomic mass is 9.94. The third kappa shape index (κ3) is 5.72. The van der Waals surface area contributed by atoms with Gasteiger partial charge in [-0.05, 0) is 38.8 Å². The van der Waals surface area contributed by atoms with Crippen LogP contribution in [0.4, 0.5) is 10.5 Å². The van der Waals surface area contributed by atoms with Gasteiger partial charge in [0.05, 0.1) is 25.5 Å². The second-order valence-corrected chi connectivity index (χ2v) is 7.87. The number of anilines is 1. The van der Waals surface area contributed by atoms with Crippen molar-refractivity contribution >= 4 is 23.7 Å². The van der Waals surface area contributed by atoms with Gasteiger partial charge in [0, 0.05) is 11.8 Å². The van der Waals surface area contributed by atoms with E-state index in [-0.39, 0.29) is 30.2 Å². The van der Waals surface area contributed by atoms with Crippen LogP contribution in [0.5, 0.6) is 5.75 Å². The molecule has 1 aliphatic heterocycles. The van der Waals surface area contributed by atoms with Crippen LogP contribution in [0.1, 0.15) is 64.2 Å². The highest BCUT2D eigenvalue weighted by Crippen LogP contribution is 2.35. The summed E-state index contributed by atoms with van der Waals surface area (Å²) in [6, 6.07) is 4.71. The number of carbonyl (C=O) groups is 3. The van der Waals surface area contributed by atoms with E-state index in [1.54, 1.807) is 46.8 Å². The summed E-state index contributed by atoms with van der Waals surface area (Å²) >= 11 is 0. The lowest BCUT2D eigenvalue weighted by Crippen LogP contribution is -2.45. The van der Waals surface area contributed by atoms with E-state index >= 15 is 0 Å². The van der Waals surface area contributed by atoms with Gasteiger partial charge in [0.2, 0.25) is 5.91 Å². The molecular formula is C22H31NO7. The van der Waals surface area contributed by atoms with Crippen LogP contribution in [0.15, 0.2) is 18.2 Å². The number of carbonyl (C=O) groups excluding carboxylic acids is 3. The molecule has 0 radical (unpaired) electrons. The molecule has 166 valence electrons. The molecule has 0 spiro atoms. The molecule has 8 nitrogen and oxygen atoms in total. The lowest BCUT2D eigenvalue weighted by molar-refractivity contribution is -0.125. The molecule has 0 N–H and O–H groups in total. The van der Waals surface area contributed by atoms with Crippen LogP contribution < -0.4 is 9.64 Å². The summed E-state index contributed by atoms with van der Waals surface area (Å²) in [4.78, 5) is 39.6. The largest absolute Gasteiger partial charge is 0.464 e. The standard InChI is InChI=1S/C22H31NO7/c1-6-27-19(24)18-15(23(21(26)28-7-2)20(25)22(3,4)5)11-10-12-16(18)30-17-13-8-9-14-29-17/h10-12,17H,6-9,13-14H2,1-5H3. The Morgan fingerprint density at radius 1 is 1.10 bits per heavy atom. The Balaban J connectivity index is 2.58. The summed E-state index contributed by atoms with van der Waals surface area (Å²) < 4.78 is 21.9. The van der Waals surface area contributed by atoms with Crippen LogP contribution in [-0.2, 0) is 19.0 Å². The quantitative estimate of drug-likeness (QED) is 0.632. The Morgan fingerprint density at radius 2 is 1.80 bits per heavy atom. The van der Waals surface area contributed by atoms with Gasteiger partial charge < -0.3 is 18.9 Å². The summed E-state index contributed by atoms with van der Waals surface area (Å²) in [5, 5.41) is 0. The van der Waals surface area contributed by atoms with Crippen molar-refractivity contribution in [3.8, 4) is 5.75 Å². The van der Waals surface area contributed by atoms with Gasteiger partial charge in [-0.3, -0.25) is 4.79 Å². The van der Waals surface area contributed by atoms with Crippen molar-refractivity contribution in [1.29, 1.82) is 0 Å². The minimum absolute atomic E-state index is 0.0147. The van der Waals surface area contributed by atoms with Crippen molar-refractivity contribution in [1.82, 2.24) is 0 Å². The van der Waals surface area contributed by atoms with Crippen molar-refractivity contribution in [2.24, 2.45) is 5.41 Å². The molecule has 1 aromatic rings. The number of nitrogens with zero attached hydrogens (tertiary/aromatic N) is 1. The van der Waals surface area contributed by atoms with Crippen molar-refractivity contribution in [2.45, 2.75) is 60.2 Å². The molecule has 1 atom stereocenters. The Bertz CT molecular complexity index is 763. The first-order chi connectivity index (χ1) is 14.2. The molecular weight excluding hydrogens is 390 g/mol. The molecule has 0 aromatic heterocycles. The summed E-state index contributed by atoms with van der Waals surface area (Å²) in [6.07, 6.45) is 1.18. The normalized spacial score (nSPS) is 16.5. The van der Waals surface area contributed by atoms with Gasteiger partial charge in [-0.15, -0.1) is 0 Å². The Labute approximate surface area is 177 Å². The molecule has 1 heterocycles. The lowest BCUT2D eigenvalue weighted by Gasteiger charge is -2.30. The fraction of sp³-hybridized carbons (Fsp3) is 0.591. The highest BCUT2D eigenvalue weighted by atomic mass is 16.7. The number of ether oxygens (including phenoxy) is 4. The second-order valence-electron chi connectivity index (χ2n) is 7.87. The summed E-state index contributed by atoms with van der Waals surface area (Å²) in [5.41, 5.74) is -0.860. The topological polar surface area (TPSA) is 91.4 Å². The first-order valence-corrected chi connectivity index (χ1v) is 10.3. The number of esters is 1. The third-order valence-corrected chi connectivity index (χ3v) is 4.42. The molecule has 1 fully saturated rings. The molecule has 0 aliphatic carbocycles. The van der Waals surface area contributed by atoms with E-state index in [9.17, 15) is 14.4 Å². The SMILES string of the molecule is CCOC(=O)c1c(OC2CCCCO2)cccc1N(C(=O)OCC)C(=O)C(C)(C)C. The zero-order chi connectivity index (χ0) is 22.3. The van der Waals surface area contributed by atoms with Crippen LogP contribution in [0.3, 0.4) is 0 Å². The van der Waals surface area contributed by atoms with Crippen LogP contribution >= 0.6 is 0 Å². The fourth-order valence-electron chi connectivity index (χ4n) is 2.97. The van der Waals surface area contributed by atoms with Crippen molar-refractivity contribution in [3.05, 3.63) is 23.8 Å². The number of rotatable bonds is 6. The minimum atomic E-state index is -0.901. The molecule has 1 saturated heterocycles. The first kappa shape index (κ1) is 23.7. The van der Waals surface area contributed by atoms with Crippen molar-refractivity contribution in [2.75, 3.05) is 24.7 Å². The monoisotopic (exact) mass is 421 g/mol. The molecule has 1 unspecified atom stereocenters. The summed E-state index contributed by atoms with van der Waals surface area (Å²) in [7, 11) is 0. The molecule has 0 bridgehead atoms. The minimum Gasteiger partial charge on any atom is -0.464 e. The molecule has 1 aliphatic rings. The van der Waals surface area contributed by atoms with Gasteiger partial charge in [-0.1, -0.05) is 26.8 Å². The third-order valence-electron chi connectivity index (χ3n) is 4.42. The molecule has 0 saturated carbocycles. The average Bonchev–Trinajstić information content (AvgIpc) is 2.69. The number of benzene rings is 1. The van der Waals surface area contributed by atoms with Gasteiger partial charge in [-0.2, -0.15) is 0 Å². The average molecular weight is 421 g/mol. The first-order valence-electron chi connectivity index (χ1n) is 10.3. The second kappa shape index (κ2) is 10.4. The van der Waals surface area contributed by atoms with Crippen molar-refractivity contribution < 1.29 is 33.3 Å². The highest BCUT2D eigenvalue weighted by Gasteiger charge is 2.37. The Kier molecular flexibility index (Phi) is 8.23. The highest BCUT2D eigenvalue weighted by molar-refractivity contribution is 6.17. The van der Waals surface area contributed by atoms with Gasteiger partial charge >= 0.3 is 12.1 Å². The van der Waals surface area contributed by atoms with E-state index in [1.807, 2.05) is 0 Å². The predicted molar refractivity (Wildman–Crippen MR) is 111 cm³/mol. The van der Waals surface area contributed by atoms with Gasteiger partial charge in [0.25, 0.3) is 0 Å². The van der Waals surface area contributed by atoms with Crippen LogP contribution in [0, 0.1) is 5.41 Å². The number of hydrogen-bond acceptors (Lipinski definition) is 7. The molecule has 2 rings (SSSR count). The van der Waals surface area contributed by atoms with E-state index in [2.05, 4.69) is 0 Å². The maximum atomic E-state index is 13.1. The predicted octanol–water partition coefficient (Wildman–Crippen LogP) is 4.30. The Morgan fingerprint density at radius 3 is 2.37 bits per heavy atom. The number of hydrogen-bond donors (Lipinski definition) is 0. The molecule has 1 aromatic carbocycles. The molecule has 30 heavy (non-hydrogen) atoms. The van der Waals surface area contributed by atoms with Gasteiger partial charge in [0.1, 0.15) is 11.3 Å². The zero-order valence-corrected chi connectivity index (χ0v) is 18.4. The Hall–Kier alpha value is -2.61. The number of imide groups is 1. The maximum absolute atomic E-state index is 13.1. The molecule has 8 heteroatoms. The van der Waals surface area contributed by atoms with Crippen LogP contribution in [-0.4, -0.2) is 44.1 Å². The number of amides is 2. The van der Waals surface area contributed by atoms with Crippen molar-refractivity contribution in [3.63, 3.8) is 0 Å². The van der Waals surface area contributed by atoms with Gasteiger partial charge in [-0.25, -0.2) is 14.5 Å². The summed E-state index contributed by atoms with van der Waals surface area (Å²) in [5.74, 6) is -1.03. The van der Waals surface area contributed by atoms with Gasteiger partial charge in [0.15, 0.2) is 6.29 Å². The summed E-state index contributed by atoms with van der Waals surface area (Å²) in [6.45, 7) is 9.13. The fourth-order valence-corrected chi connectivity index (χ4v) is 2.97. The molecule has 2 amide bonds. The zero-order valence-electron chi connectivity index (χ0n) is 18.4. The van der Waals surface area contributed by atoms with E-state index in [4.69, 9.17) is 18.9 Å². The van der Waals surface area contributed by atoms with Crippen LogP contribution in [0.2, 0.25) is 0 Å². The van der Waals surface area contributed by atoms with E-state index in [0.29, 0.717) is 13.0 Å². The smallest absolute Gasteiger partial charge is 0.421 e. The van der Waals surface area contributed by atoms with E-state index in [0.717, 1.165) is 17.7 Å². The maximum Gasteiger partial charge on any atom is 0.421 e. The van der Waals surface area contributed by atoms with E-state index < -0.39 is 29.7 Å². The van der Waals surface area contributed by atoms with E-state index in [1.165, 1.54) is 6.07 Å².